The Hall–Kier alpha value is -5.65. The fourth-order valence-electron chi connectivity index (χ4n) is 2.90. The molecule has 0 spiro atoms. The number of likely N-dealkylation sites (N-methyl/N-ethyl adjacent to an activating group) is 1. The number of carbonyl (C=O) groups excluding carboxylic acids is 1. The van der Waals surface area contributed by atoms with Crippen molar-refractivity contribution >= 4 is 29.5 Å². The quantitative estimate of drug-likeness (QED) is 0.163. The highest BCUT2D eigenvalue weighted by molar-refractivity contribution is 5.97. The van der Waals surface area contributed by atoms with Crippen molar-refractivity contribution in [1.29, 1.82) is 0 Å². The van der Waals surface area contributed by atoms with E-state index in [0.29, 0.717) is 41.3 Å². The number of carboxylic acid groups (broad SMARTS) is 3. The van der Waals surface area contributed by atoms with Gasteiger partial charge in [-0.15, -0.1) is 0 Å². The van der Waals surface area contributed by atoms with Crippen LogP contribution in [-0.4, -0.2) is 107 Å². The van der Waals surface area contributed by atoms with Crippen molar-refractivity contribution in [3.8, 4) is 22.6 Å². The highest BCUT2D eigenvalue weighted by Crippen LogP contribution is 2.34. The summed E-state index contributed by atoms with van der Waals surface area (Å²) in [5, 5.41) is 30.6. The lowest BCUT2D eigenvalue weighted by molar-refractivity contribution is -0.193. The van der Waals surface area contributed by atoms with E-state index in [9.17, 15) is 48.7 Å². The van der Waals surface area contributed by atoms with Gasteiger partial charge in [0.05, 0.1) is 19.0 Å². The van der Waals surface area contributed by atoms with E-state index in [-0.39, 0.29) is 5.69 Å². The van der Waals surface area contributed by atoms with Gasteiger partial charge in [0.25, 0.3) is 0 Å². The number of halogens is 10. The van der Waals surface area contributed by atoms with Gasteiger partial charge in [-0.25, -0.2) is 18.8 Å². The molecule has 1 aromatic heterocycles. The summed E-state index contributed by atoms with van der Waals surface area (Å²) in [6.07, 6.45) is -12.2. The van der Waals surface area contributed by atoms with Crippen LogP contribution in [-0.2, 0) is 19.2 Å². The second-order valence-corrected chi connectivity index (χ2v) is 9.62. The topological polar surface area (TPSA) is 217 Å². The molecule has 0 bridgehead atoms. The first-order valence-electron chi connectivity index (χ1n) is 13.4. The van der Waals surface area contributed by atoms with Crippen molar-refractivity contribution in [2.45, 2.75) is 24.6 Å². The highest BCUT2D eigenvalue weighted by atomic mass is 19.4. The number of nitrogens with two attached hydrogens (primary N) is 1. The van der Waals surface area contributed by atoms with Crippen LogP contribution in [0.25, 0.3) is 11.1 Å². The van der Waals surface area contributed by atoms with Crippen molar-refractivity contribution in [3.63, 3.8) is 0 Å². The van der Waals surface area contributed by atoms with Gasteiger partial charge in [-0.05, 0) is 37.9 Å². The zero-order chi connectivity index (χ0) is 40.6. The number of aliphatic carboxylic acids is 3. The Balaban J connectivity index is 0.00000101. The summed E-state index contributed by atoms with van der Waals surface area (Å²) >= 11 is 0. The second-order valence-electron chi connectivity index (χ2n) is 9.62. The number of carbonyl (C=O) groups is 4. The molecule has 1 atom stereocenters. The monoisotopic (exact) mass is 769 g/mol. The molecule has 0 aliphatic heterocycles. The fraction of sp³-hybridized carbons (Fsp3) is 0.321. The van der Waals surface area contributed by atoms with Crippen LogP contribution >= 0.6 is 0 Å². The third-order valence-corrected chi connectivity index (χ3v) is 5.42. The Morgan fingerprint density at radius 1 is 0.885 bits per heavy atom. The number of nitrogens with zero attached hydrogens (tertiary/aromatic N) is 2. The maximum Gasteiger partial charge on any atom is 0.490 e. The van der Waals surface area contributed by atoms with Gasteiger partial charge in [0.15, 0.2) is 0 Å². The number of H-pyrrole nitrogens is 1. The van der Waals surface area contributed by atoms with Crippen molar-refractivity contribution in [2.24, 2.45) is 5.73 Å². The van der Waals surface area contributed by atoms with E-state index in [1.807, 2.05) is 19.0 Å². The first-order valence-corrected chi connectivity index (χ1v) is 13.4. The zero-order valence-electron chi connectivity index (χ0n) is 26.7. The van der Waals surface area contributed by atoms with Crippen LogP contribution < -0.4 is 20.5 Å². The number of nitrogens with one attached hydrogen (secondary N) is 2. The van der Waals surface area contributed by atoms with Crippen LogP contribution in [0.3, 0.4) is 0 Å². The number of aromatic amines is 1. The Kier molecular flexibility index (Phi) is 18.1. The number of amides is 1. The van der Waals surface area contributed by atoms with Crippen LogP contribution in [0.15, 0.2) is 48.8 Å². The number of carboxylic acids is 3. The molecular weight excluding hydrogens is 740 g/mol. The molecule has 52 heavy (non-hydrogen) atoms. The molecule has 3 rings (SSSR count). The highest BCUT2D eigenvalue weighted by Gasteiger charge is 2.39. The van der Waals surface area contributed by atoms with Crippen molar-refractivity contribution in [3.05, 3.63) is 60.2 Å². The minimum atomic E-state index is -5.08. The van der Waals surface area contributed by atoms with Gasteiger partial charge in [0.2, 0.25) is 5.91 Å². The molecule has 14 nitrogen and oxygen atoms in total. The van der Waals surface area contributed by atoms with Crippen LogP contribution in [0.4, 0.5) is 49.6 Å². The van der Waals surface area contributed by atoms with E-state index < -0.39 is 54.2 Å². The molecule has 0 aliphatic carbocycles. The molecule has 0 saturated carbocycles. The summed E-state index contributed by atoms with van der Waals surface area (Å²) < 4.78 is 121. The van der Waals surface area contributed by atoms with Crippen molar-refractivity contribution in [2.75, 3.05) is 39.7 Å². The molecule has 1 amide bonds. The Morgan fingerprint density at radius 2 is 1.35 bits per heavy atom. The lowest BCUT2D eigenvalue weighted by Crippen LogP contribution is -2.28. The van der Waals surface area contributed by atoms with Gasteiger partial charge < -0.3 is 40.7 Å². The smallest absolute Gasteiger partial charge is 0.490 e. The average Bonchev–Trinajstić information content (AvgIpc) is 3.56. The third-order valence-electron chi connectivity index (χ3n) is 5.42. The number of methoxy groups -OCH3 is 1. The first-order chi connectivity index (χ1) is 23.7. The number of hydrogen-bond donors (Lipinski definition) is 6. The standard InChI is InChI=1S/C22H26FN5O3.3C2HF3O2/c1-28(2)8-9-31-20-10-17(15-12-25-26-13-15)18(23)11-19(20)27-22(29)21(24)14-4-6-16(30-3)7-5-14;3*3-2(4,5)1(6)7/h4-7,10-13,21H,8-9,24H2,1-3H3,(H,25,26)(H,27,29);3*(H,6,7). The molecule has 0 fully saturated rings. The van der Waals surface area contributed by atoms with Crippen LogP contribution in [0.5, 0.6) is 11.5 Å². The van der Waals surface area contributed by atoms with Gasteiger partial charge in [-0.1, -0.05) is 12.1 Å². The number of ether oxygens (including phenoxy) is 2. The SMILES string of the molecule is COc1ccc(C(N)C(=O)Nc2cc(F)c(-c3cn[nH]c3)cc2OCCN(C)C)cc1.O=C(O)C(F)(F)F.O=C(O)C(F)(F)F.O=C(O)C(F)(F)F. The van der Waals surface area contributed by atoms with Gasteiger partial charge in [0, 0.05) is 29.9 Å². The Morgan fingerprint density at radius 3 is 1.71 bits per heavy atom. The van der Waals surface area contributed by atoms with Gasteiger partial charge >= 0.3 is 36.4 Å². The molecule has 0 radical (unpaired) electrons. The summed E-state index contributed by atoms with van der Waals surface area (Å²) in [6, 6.07) is 8.68. The predicted octanol–water partition coefficient (Wildman–Crippen LogP) is 4.70. The minimum absolute atomic E-state index is 0.206. The van der Waals surface area contributed by atoms with E-state index in [1.54, 1.807) is 43.6 Å². The van der Waals surface area contributed by atoms with E-state index in [0.717, 1.165) is 0 Å². The molecule has 1 heterocycles. The average molecular weight is 770 g/mol. The maximum atomic E-state index is 14.8. The van der Waals surface area contributed by atoms with E-state index >= 15 is 0 Å². The molecule has 24 heteroatoms. The Bertz CT molecular complexity index is 1540. The van der Waals surface area contributed by atoms with Crippen LogP contribution in [0.2, 0.25) is 0 Å². The van der Waals surface area contributed by atoms with Crippen LogP contribution in [0.1, 0.15) is 11.6 Å². The largest absolute Gasteiger partial charge is 0.497 e. The van der Waals surface area contributed by atoms with Crippen LogP contribution in [0, 0.1) is 5.82 Å². The number of aromatic nitrogens is 2. The number of hydrogen-bond acceptors (Lipinski definition) is 9. The third kappa shape index (κ3) is 17.3. The lowest BCUT2D eigenvalue weighted by Gasteiger charge is -2.18. The van der Waals surface area contributed by atoms with Crippen molar-refractivity contribution in [1.82, 2.24) is 15.1 Å². The number of benzene rings is 2. The van der Waals surface area contributed by atoms with Gasteiger partial charge in [0.1, 0.15) is 30.0 Å². The van der Waals surface area contributed by atoms with E-state index in [4.69, 9.17) is 44.9 Å². The summed E-state index contributed by atoms with van der Waals surface area (Å²) in [7, 11) is 5.39. The lowest BCUT2D eigenvalue weighted by atomic mass is 10.1. The molecular formula is C28H29F10N5O9. The second kappa shape index (κ2) is 20.3. The normalized spacial score (nSPS) is 11.7. The zero-order valence-corrected chi connectivity index (χ0v) is 26.7. The maximum absolute atomic E-state index is 14.8. The summed E-state index contributed by atoms with van der Waals surface area (Å²) in [5.74, 6) is -8.28. The summed E-state index contributed by atoms with van der Waals surface area (Å²) in [6.45, 7) is 1.01. The number of alkyl halides is 9. The molecule has 290 valence electrons. The molecule has 1 unspecified atom stereocenters. The summed E-state index contributed by atoms with van der Waals surface area (Å²) in [4.78, 5) is 41.4. The van der Waals surface area contributed by atoms with Gasteiger partial charge in [-0.2, -0.15) is 44.6 Å². The Labute approximate surface area is 285 Å². The minimum Gasteiger partial charge on any atom is -0.497 e. The number of rotatable bonds is 9. The molecule has 2 aromatic carbocycles. The molecule has 0 aliphatic rings. The van der Waals surface area contributed by atoms with Gasteiger partial charge in [-0.3, -0.25) is 9.89 Å². The molecule has 0 saturated heterocycles. The van der Waals surface area contributed by atoms with E-state index in [2.05, 4.69) is 15.5 Å². The number of anilines is 1. The fourth-order valence-corrected chi connectivity index (χ4v) is 2.90. The molecule has 3 aromatic rings. The van der Waals surface area contributed by atoms with Crippen molar-refractivity contribution < 1.29 is 87.9 Å². The summed E-state index contributed by atoms with van der Waals surface area (Å²) in [5.41, 5.74) is 7.80. The predicted molar refractivity (Wildman–Crippen MR) is 158 cm³/mol. The van der Waals surface area contributed by atoms with E-state index in [1.165, 1.54) is 12.3 Å². The molecule has 7 N–H and O–H groups in total. The first kappa shape index (κ1) is 46.3.